The first-order chi connectivity index (χ1) is 17.5. The molecule has 5 nitrogen and oxygen atoms in total. The van der Waals surface area contributed by atoms with Crippen LogP contribution in [-0.4, -0.2) is 19.7 Å². The van der Waals surface area contributed by atoms with Gasteiger partial charge in [0.05, 0.1) is 6.20 Å². The quantitative estimate of drug-likeness (QED) is 0.269. The Balaban J connectivity index is 1.35. The molecule has 0 atom stereocenters. The zero-order valence-corrected chi connectivity index (χ0v) is 20.1. The molecular weight excluding hydrogens is 451 g/mol. The van der Waals surface area contributed by atoms with Crippen LogP contribution in [0.15, 0.2) is 73.1 Å². The van der Waals surface area contributed by atoms with Crippen LogP contribution in [0.1, 0.15) is 48.9 Å². The summed E-state index contributed by atoms with van der Waals surface area (Å²) in [5, 5.41) is 12.7. The van der Waals surface area contributed by atoms with E-state index < -0.39 is 5.82 Å². The minimum Gasteiger partial charge on any atom is -0.803 e. The van der Waals surface area contributed by atoms with Gasteiger partial charge in [0, 0.05) is 17.7 Å². The van der Waals surface area contributed by atoms with Gasteiger partial charge in [0.15, 0.2) is 11.5 Å². The molecular formula is C30H24FN4O-. The maximum absolute atomic E-state index is 13.5. The normalized spacial score (nSPS) is 13.9. The lowest BCUT2D eigenvalue weighted by Crippen LogP contribution is -2.23. The lowest BCUT2D eigenvalue weighted by Gasteiger charge is -2.29. The zero-order valence-electron chi connectivity index (χ0n) is 20.1. The Bertz CT molecular complexity index is 1650. The minimum atomic E-state index is -0.538. The van der Waals surface area contributed by atoms with E-state index in [1.807, 2.05) is 12.1 Å². The molecule has 6 heteroatoms. The second-order valence-electron chi connectivity index (χ2n) is 9.17. The highest BCUT2D eigenvalue weighted by molar-refractivity contribution is 5.83. The number of rotatable bonds is 5. The highest BCUT2D eigenvalue weighted by Gasteiger charge is 2.40. The molecule has 3 aromatic heterocycles. The first-order valence-electron chi connectivity index (χ1n) is 12.1. The van der Waals surface area contributed by atoms with Gasteiger partial charge in [0.2, 0.25) is 0 Å². The standard InChI is InChI=1S/C30H24FN4O/c1-3-30(4-2)24-8-6-5-7-22(24)23-12-11-19(15-25(23)30)9-10-20-13-14-32-26(16-20)29-34-27-17-21(31)18-33-28(27)35(29)36/h5-18H,3-4H2,1-2H3/q-1/b10-9+. The summed E-state index contributed by atoms with van der Waals surface area (Å²) in [6, 6.07) is 20.3. The fourth-order valence-corrected chi connectivity index (χ4v) is 5.54. The molecule has 3 heterocycles. The van der Waals surface area contributed by atoms with Gasteiger partial charge in [-0.3, -0.25) is 4.98 Å². The van der Waals surface area contributed by atoms with Crippen molar-refractivity contribution in [3.63, 3.8) is 0 Å². The molecule has 0 amide bonds. The fraction of sp³-hybridized carbons (Fsp3) is 0.167. The van der Waals surface area contributed by atoms with Crippen molar-refractivity contribution < 1.29 is 4.39 Å². The third-order valence-corrected chi connectivity index (χ3v) is 7.41. The maximum atomic E-state index is 13.5. The third-order valence-electron chi connectivity index (χ3n) is 7.41. The smallest absolute Gasteiger partial charge is 0.156 e. The van der Waals surface area contributed by atoms with E-state index >= 15 is 0 Å². The van der Waals surface area contributed by atoms with Gasteiger partial charge in [-0.05, 0) is 58.4 Å². The van der Waals surface area contributed by atoms with Crippen LogP contribution in [-0.2, 0) is 5.41 Å². The predicted octanol–water partition coefficient (Wildman–Crippen LogP) is 7.24. The van der Waals surface area contributed by atoms with Crippen LogP contribution in [0.2, 0.25) is 0 Å². The molecule has 0 spiro atoms. The Hall–Kier alpha value is -4.32. The summed E-state index contributed by atoms with van der Waals surface area (Å²) in [5.41, 5.74) is 8.16. The Kier molecular flexibility index (Phi) is 5.18. The molecule has 6 rings (SSSR count). The molecule has 0 bridgehead atoms. The summed E-state index contributed by atoms with van der Waals surface area (Å²) in [4.78, 5) is 12.4. The summed E-state index contributed by atoms with van der Waals surface area (Å²) in [7, 11) is 0. The molecule has 2 aromatic carbocycles. The second-order valence-corrected chi connectivity index (χ2v) is 9.17. The van der Waals surface area contributed by atoms with Crippen molar-refractivity contribution in [2.24, 2.45) is 0 Å². The van der Waals surface area contributed by atoms with Crippen LogP contribution in [0, 0.1) is 11.0 Å². The average molecular weight is 476 g/mol. The van der Waals surface area contributed by atoms with E-state index in [9.17, 15) is 9.60 Å². The molecule has 5 aromatic rings. The van der Waals surface area contributed by atoms with Crippen molar-refractivity contribution in [2.75, 3.05) is 0 Å². The van der Waals surface area contributed by atoms with Crippen LogP contribution in [0.3, 0.4) is 0 Å². The van der Waals surface area contributed by atoms with Gasteiger partial charge in [0.25, 0.3) is 0 Å². The summed E-state index contributed by atoms with van der Waals surface area (Å²) in [5.74, 6) is -0.436. The Morgan fingerprint density at radius 2 is 1.64 bits per heavy atom. The van der Waals surface area contributed by atoms with Crippen LogP contribution >= 0.6 is 0 Å². The first-order valence-corrected chi connectivity index (χ1v) is 12.1. The fourth-order valence-electron chi connectivity index (χ4n) is 5.54. The number of halogens is 1. The molecule has 0 saturated heterocycles. The molecule has 0 N–H and O–H groups in total. The van der Waals surface area contributed by atoms with Crippen LogP contribution in [0.4, 0.5) is 4.39 Å². The van der Waals surface area contributed by atoms with Gasteiger partial charge in [-0.1, -0.05) is 68.5 Å². The van der Waals surface area contributed by atoms with Crippen LogP contribution in [0.5, 0.6) is 0 Å². The van der Waals surface area contributed by atoms with Crippen molar-refractivity contribution in [2.45, 2.75) is 32.1 Å². The van der Waals surface area contributed by atoms with Crippen molar-refractivity contribution in [1.82, 2.24) is 19.7 Å². The summed E-state index contributed by atoms with van der Waals surface area (Å²) >= 11 is 0. The number of aromatic nitrogens is 4. The number of benzene rings is 2. The van der Waals surface area contributed by atoms with E-state index in [1.165, 1.54) is 28.3 Å². The molecule has 0 fully saturated rings. The topological polar surface area (TPSA) is 66.7 Å². The van der Waals surface area contributed by atoms with E-state index in [0.717, 1.165) is 30.2 Å². The van der Waals surface area contributed by atoms with Gasteiger partial charge in [0.1, 0.15) is 17.0 Å². The Morgan fingerprint density at radius 3 is 2.44 bits per heavy atom. The van der Waals surface area contributed by atoms with Gasteiger partial charge in [-0.25, -0.2) is 14.4 Å². The van der Waals surface area contributed by atoms with Gasteiger partial charge in [-0.15, -0.1) is 0 Å². The number of hydrogen-bond acceptors (Lipinski definition) is 4. The van der Waals surface area contributed by atoms with Gasteiger partial charge in [-0.2, -0.15) is 0 Å². The zero-order chi connectivity index (χ0) is 24.9. The third kappa shape index (κ3) is 3.33. The van der Waals surface area contributed by atoms with E-state index in [-0.39, 0.29) is 22.4 Å². The lowest BCUT2D eigenvalue weighted by molar-refractivity contribution is 0.490. The Morgan fingerprint density at radius 1 is 0.889 bits per heavy atom. The van der Waals surface area contributed by atoms with Crippen LogP contribution in [0.25, 0.3) is 46.0 Å². The molecule has 0 unspecified atom stereocenters. The monoisotopic (exact) mass is 475 g/mol. The van der Waals surface area contributed by atoms with Gasteiger partial charge < -0.3 is 9.94 Å². The molecule has 1 aliphatic rings. The van der Waals surface area contributed by atoms with E-state index in [4.69, 9.17) is 0 Å². The minimum absolute atomic E-state index is 0.0281. The molecule has 1 aliphatic carbocycles. The summed E-state index contributed by atoms with van der Waals surface area (Å²) < 4.78 is 14.1. The van der Waals surface area contributed by atoms with Gasteiger partial charge >= 0.3 is 0 Å². The first kappa shape index (κ1) is 22.2. The number of hydrogen-bond donors (Lipinski definition) is 0. The molecule has 0 radical (unpaired) electrons. The second kappa shape index (κ2) is 8.41. The van der Waals surface area contributed by atoms with Crippen molar-refractivity contribution in [3.05, 3.63) is 106 Å². The lowest BCUT2D eigenvalue weighted by atomic mass is 9.73. The molecule has 178 valence electrons. The summed E-state index contributed by atoms with van der Waals surface area (Å²) in [6.45, 7) is 4.53. The molecule has 36 heavy (non-hydrogen) atoms. The van der Waals surface area contributed by atoms with Crippen molar-refractivity contribution in [3.8, 4) is 22.6 Å². The number of pyridine rings is 2. The largest absolute Gasteiger partial charge is 0.803 e. The van der Waals surface area contributed by atoms with E-state index in [1.54, 1.807) is 12.3 Å². The van der Waals surface area contributed by atoms with E-state index in [2.05, 4.69) is 77.3 Å². The van der Waals surface area contributed by atoms with Crippen molar-refractivity contribution in [1.29, 1.82) is 0 Å². The average Bonchev–Trinajstić information content (AvgIpc) is 3.39. The van der Waals surface area contributed by atoms with Crippen LogP contribution < -0.4 is 0 Å². The predicted molar refractivity (Wildman–Crippen MR) is 142 cm³/mol. The SMILES string of the molecule is CCC1(CC)c2ccccc2-c2ccc(/C=C/c3ccnc(-c4nc5cc(F)cnc5n4[O-])c3)cc21. The number of fused-ring (bicyclic) bond motifs is 4. The summed E-state index contributed by atoms with van der Waals surface area (Å²) in [6.07, 6.45) is 8.82. The highest BCUT2D eigenvalue weighted by Crippen LogP contribution is 2.52. The maximum Gasteiger partial charge on any atom is 0.156 e. The Labute approximate surface area is 208 Å². The number of imidazole rings is 1. The number of nitrogens with zero attached hydrogens (tertiary/aromatic N) is 4. The molecule has 0 saturated carbocycles. The van der Waals surface area contributed by atoms with E-state index in [0.29, 0.717) is 10.4 Å². The highest BCUT2D eigenvalue weighted by atomic mass is 19.1. The molecule has 0 aliphatic heterocycles. The van der Waals surface area contributed by atoms with Crippen molar-refractivity contribution >= 4 is 23.3 Å².